The number of allylic oxidation sites excluding steroid dienone is 1. The number of hydrogen-bond acceptors (Lipinski definition) is 4. The minimum Gasteiger partial charge on any atom is -0.460 e. The second-order valence-corrected chi connectivity index (χ2v) is 6.98. The van der Waals surface area contributed by atoms with Gasteiger partial charge in [-0.15, -0.1) is 4.99 Å². The van der Waals surface area contributed by atoms with Crippen LogP contribution in [0.15, 0.2) is 17.1 Å². The van der Waals surface area contributed by atoms with Gasteiger partial charge in [-0.3, -0.25) is 10.0 Å². The third-order valence-electron chi connectivity index (χ3n) is 2.64. The van der Waals surface area contributed by atoms with E-state index in [9.17, 15) is 9.59 Å². The minimum absolute atomic E-state index is 0.117. The number of hydrogen-bond donors (Lipinski definition) is 2. The van der Waals surface area contributed by atoms with E-state index in [1.54, 1.807) is 14.1 Å². The molecule has 0 aliphatic carbocycles. The Balaban J connectivity index is 4.49. The molecule has 7 nitrogen and oxygen atoms in total. The van der Waals surface area contributed by atoms with Crippen molar-refractivity contribution in [3.63, 3.8) is 0 Å². The molecule has 0 aliphatic rings. The molecule has 0 saturated heterocycles. The Morgan fingerprint density at radius 1 is 1.25 bits per heavy atom. The number of amidine groups is 1. The third kappa shape index (κ3) is 12.8. The van der Waals surface area contributed by atoms with Crippen LogP contribution in [0.3, 0.4) is 0 Å². The normalized spacial score (nSPS) is 11.7. The van der Waals surface area contributed by atoms with Gasteiger partial charge in [0.2, 0.25) is 0 Å². The molecule has 0 aromatic rings. The lowest BCUT2D eigenvalue weighted by Crippen LogP contribution is -2.39. The maximum absolute atomic E-state index is 11.8. The van der Waals surface area contributed by atoms with Crippen LogP contribution in [0.4, 0.5) is 9.59 Å². The zero-order valence-electron chi connectivity index (χ0n) is 15.3. The van der Waals surface area contributed by atoms with E-state index >= 15 is 0 Å². The number of carbonyl (C=O) groups excluding carboxylic acids is 2. The Labute approximate surface area is 149 Å². The monoisotopic (exact) mass is 358 g/mol. The summed E-state index contributed by atoms with van der Waals surface area (Å²) < 4.78 is 7.98. The topological polar surface area (TPSA) is 83.0 Å². The maximum atomic E-state index is 11.8. The van der Waals surface area contributed by atoms with Gasteiger partial charge in [0.25, 0.3) is 0 Å². The van der Waals surface area contributed by atoms with E-state index in [-0.39, 0.29) is 17.9 Å². The Bertz CT molecular complexity index is 437. The lowest BCUT2D eigenvalue weighted by atomic mass is 10.2. The molecule has 4 amide bonds. The lowest BCUT2D eigenvalue weighted by Gasteiger charge is -2.12. The standard InChI is InChI=1S/C16H30N4O3S/c1-6-7-8-9-10-11-12-23-15(18-16(22)20(4)5)17-14(21)19-24-13(2)3/h10-11,13H,6-9,12H2,1-5H3,(H2,17,18,19,21,22). The molecule has 138 valence electrons. The van der Waals surface area contributed by atoms with Gasteiger partial charge in [-0.05, 0) is 24.8 Å². The van der Waals surface area contributed by atoms with Crippen molar-refractivity contribution in [2.24, 2.45) is 4.99 Å². The number of ether oxygens (including phenoxy) is 1. The summed E-state index contributed by atoms with van der Waals surface area (Å²) in [6.07, 6.45) is 8.38. The van der Waals surface area contributed by atoms with E-state index < -0.39 is 12.1 Å². The van der Waals surface area contributed by atoms with Gasteiger partial charge in [-0.25, -0.2) is 9.59 Å². The first-order valence-corrected chi connectivity index (χ1v) is 9.05. The van der Waals surface area contributed by atoms with E-state index in [0.717, 1.165) is 12.8 Å². The summed E-state index contributed by atoms with van der Waals surface area (Å²) in [5.41, 5.74) is 0. The number of urea groups is 2. The first kappa shape index (κ1) is 22.3. The molecule has 0 aromatic heterocycles. The third-order valence-corrected chi connectivity index (χ3v) is 3.42. The van der Waals surface area contributed by atoms with Crippen LogP contribution in [-0.4, -0.2) is 48.9 Å². The number of nitrogens with zero attached hydrogens (tertiary/aromatic N) is 2. The van der Waals surface area contributed by atoms with Crippen molar-refractivity contribution >= 4 is 30.0 Å². The molecular formula is C16H30N4O3S. The molecule has 0 spiro atoms. The van der Waals surface area contributed by atoms with Gasteiger partial charge < -0.3 is 9.64 Å². The summed E-state index contributed by atoms with van der Waals surface area (Å²) in [7, 11) is 3.15. The SMILES string of the molecule is CCCCCC=CCOC(=NC(=O)N(C)C)NC(=O)NSC(C)C. The molecule has 0 radical (unpaired) electrons. The smallest absolute Gasteiger partial charge is 0.347 e. The number of unbranched alkanes of at least 4 members (excludes halogenated alkanes) is 3. The molecule has 0 bridgehead atoms. The molecule has 0 aliphatic heterocycles. The minimum atomic E-state index is -0.506. The van der Waals surface area contributed by atoms with Crippen LogP contribution >= 0.6 is 11.9 Å². The Morgan fingerprint density at radius 3 is 2.54 bits per heavy atom. The zero-order valence-corrected chi connectivity index (χ0v) is 16.1. The van der Waals surface area contributed by atoms with Gasteiger partial charge in [0.1, 0.15) is 6.61 Å². The molecular weight excluding hydrogens is 328 g/mol. The number of amides is 4. The first-order valence-electron chi connectivity index (χ1n) is 8.17. The van der Waals surface area contributed by atoms with Gasteiger partial charge in [-0.1, -0.05) is 45.8 Å². The van der Waals surface area contributed by atoms with Crippen molar-refractivity contribution in [3.8, 4) is 0 Å². The quantitative estimate of drug-likeness (QED) is 0.229. The van der Waals surface area contributed by atoms with Crippen LogP contribution in [-0.2, 0) is 4.74 Å². The van der Waals surface area contributed by atoms with Gasteiger partial charge >= 0.3 is 18.1 Å². The summed E-state index contributed by atoms with van der Waals surface area (Å²) >= 11 is 1.26. The molecule has 24 heavy (non-hydrogen) atoms. The highest BCUT2D eigenvalue weighted by atomic mass is 32.2. The van der Waals surface area contributed by atoms with Crippen molar-refractivity contribution in [2.45, 2.75) is 51.7 Å². The molecule has 0 unspecified atom stereocenters. The molecule has 0 fully saturated rings. The van der Waals surface area contributed by atoms with E-state index in [1.165, 1.54) is 29.7 Å². The van der Waals surface area contributed by atoms with E-state index in [4.69, 9.17) is 4.74 Å². The fourth-order valence-corrected chi connectivity index (χ4v) is 1.80. The van der Waals surface area contributed by atoms with E-state index in [2.05, 4.69) is 22.0 Å². The molecule has 0 rings (SSSR count). The van der Waals surface area contributed by atoms with Crippen LogP contribution in [0.1, 0.15) is 46.5 Å². The van der Waals surface area contributed by atoms with Crippen LogP contribution in [0, 0.1) is 0 Å². The average molecular weight is 359 g/mol. The molecule has 2 N–H and O–H groups in total. The average Bonchev–Trinajstić information content (AvgIpc) is 2.51. The number of aliphatic imine (C=N–C) groups is 1. The van der Waals surface area contributed by atoms with Gasteiger partial charge in [0.15, 0.2) is 0 Å². The van der Waals surface area contributed by atoms with Gasteiger partial charge in [-0.2, -0.15) is 0 Å². The Morgan fingerprint density at radius 2 is 1.96 bits per heavy atom. The molecule has 0 saturated carbocycles. The van der Waals surface area contributed by atoms with Crippen molar-refractivity contribution < 1.29 is 14.3 Å². The predicted molar refractivity (Wildman–Crippen MR) is 100 cm³/mol. The van der Waals surface area contributed by atoms with Crippen molar-refractivity contribution in [2.75, 3.05) is 20.7 Å². The van der Waals surface area contributed by atoms with Crippen molar-refractivity contribution in [1.29, 1.82) is 0 Å². The summed E-state index contributed by atoms with van der Waals surface area (Å²) in [5.74, 6) is 0. The van der Waals surface area contributed by atoms with E-state index in [0.29, 0.717) is 0 Å². The molecule has 0 aromatic carbocycles. The fraction of sp³-hybridized carbons (Fsp3) is 0.688. The summed E-state index contributed by atoms with van der Waals surface area (Å²) in [6.45, 7) is 6.31. The van der Waals surface area contributed by atoms with Crippen LogP contribution in [0.2, 0.25) is 0 Å². The second kappa shape index (κ2) is 13.7. The maximum Gasteiger partial charge on any atom is 0.347 e. The highest BCUT2D eigenvalue weighted by Crippen LogP contribution is 2.02. The highest BCUT2D eigenvalue weighted by Gasteiger charge is 2.11. The van der Waals surface area contributed by atoms with Crippen LogP contribution in [0.25, 0.3) is 0 Å². The number of carbonyl (C=O) groups is 2. The largest absolute Gasteiger partial charge is 0.460 e. The second-order valence-electron chi connectivity index (χ2n) is 5.59. The Hall–Kier alpha value is -1.70. The zero-order chi connectivity index (χ0) is 18.4. The lowest BCUT2D eigenvalue weighted by molar-refractivity contribution is 0.225. The van der Waals surface area contributed by atoms with Crippen molar-refractivity contribution in [1.82, 2.24) is 14.9 Å². The van der Waals surface area contributed by atoms with Gasteiger partial charge in [0, 0.05) is 19.3 Å². The summed E-state index contributed by atoms with van der Waals surface area (Å²) in [6, 6.07) is -1.10. The highest BCUT2D eigenvalue weighted by molar-refractivity contribution is 7.98. The van der Waals surface area contributed by atoms with Gasteiger partial charge in [0.05, 0.1) is 0 Å². The Kier molecular flexibility index (Phi) is 12.7. The summed E-state index contributed by atoms with van der Waals surface area (Å²) in [5, 5.41) is 2.69. The molecule has 0 heterocycles. The fourth-order valence-electron chi connectivity index (χ4n) is 1.40. The van der Waals surface area contributed by atoms with Crippen LogP contribution < -0.4 is 10.0 Å². The number of rotatable bonds is 8. The first-order chi connectivity index (χ1) is 11.4. The predicted octanol–water partition coefficient (Wildman–Crippen LogP) is 3.53. The van der Waals surface area contributed by atoms with Crippen molar-refractivity contribution in [3.05, 3.63) is 12.2 Å². The van der Waals surface area contributed by atoms with Crippen LogP contribution in [0.5, 0.6) is 0 Å². The molecule has 0 atom stereocenters. The van der Waals surface area contributed by atoms with E-state index in [1.807, 2.05) is 26.0 Å². The summed E-state index contributed by atoms with van der Waals surface area (Å²) in [4.78, 5) is 28.5. The number of nitrogens with one attached hydrogen (secondary N) is 2. The molecule has 8 heteroatoms.